The van der Waals surface area contributed by atoms with Gasteiger partial charge in [0.15, 0.2) is 0 Å². The number of alkyl halides is 5. The molecule has 1 aromatic heterocycles. The van der Waals surface area contributed by atoms with Gasteiger partial charge < -0.3 is 4.74 Å². The third-order valence-electron chi connectivity index (χ3n) is 4.17. The molecule has 2 aliphatic rings. The van der Waals surface area contributed by atoms with Crippen molar-refractivity contribution in [1.82, 2.24) is 4.98 Å². The molecule has 116 valence electrons. The molecule has 0 bridgehead atoms. The Morgan fingerprint density at radius 3 is 2.57 bits per heavy atom. The van der Waals surface area contributed by atoms with Crippen LogP contribution in [0.1, 0.15) is 48.9 Å². The second-order valence-corrected chi connectivity index (χ2v) is 5.71. The van der Waals surface area contributed by atoms with Crippen LogP contribution < -0.4 is 4.74 Å². The molecule has 2 atom stereocenters. The van der Waals surface area contributed by atoms with Gasteiger partial charge in [0.25, 0.3) is 12.3 Å². The summed E-state index contributed by atoms with van der Waals surface area (Å²) >= 11 is 0. The van der Waals surface area contributed by atoms with Crippen LogP contribution in [0.2, 0.25) is 0 Å². The number of hydrogen-bond acceptors (Lipinski definition) is 2. The molecule has 7 heteroatoms. The Hall–Kier alpha value is -1.40. The molecule has 0 unspecified atom stereocenters. The summed E-state index contributed by atoms with van der Waals surface area (Å²) in [5.74, 6) is -3.27. The molecule has 1 saturated carbocycles. The largest absolute Gasteiger partial charge is 0.488 e. The van der Waals surface area contributed by atoms with Gasteiger partial charge in [-0.1, -0.05) is 6.92 Å². The predicted octanol–water partition coefficient (Wildman–Crippen LogP) is 4.19. The highest BCUT2D eigenvalue weighted by Crippen LogP contribution is 2.46. The lowest BCUT2D eigenvalue weighted by Crippen LogP contribution is -2.43. The van der Waals surface area contributed by atoms with Gasteiger partial charge in [-0.2, -0.15) is 0 Å². The summed E-state index contributed by atoms with van der Waals surface area (Å²) in [6.45, 7) is 1.52. The first-order chi connectivity index (χ1) is 9.78. The quantitative estimate of drug-likeness (QED) is 0.781. The van der Waals surface area contributed by atoms with E-state index in [1.165, 1.54) is 6.92 Å². The van der Waals surface area contributed by atoms with E-state index in [9.17, 15) is 22.0 Å². The topological polar surface area (TPSA) is 22.1 Å². The first-order valence-corrected chi connectivity index (χ1v) is 6.77. The third-order valence-corrected chi connectivity index (χ3v) is 4.17. The van der Waals surface area contributed by atoms with E-state index >= 15 is 0 Å². The van der Waals surface area contributed by atoms with Crippen LogP contribution in [0.5, 0.6) is 5.75 Å². The molecule has 0 saturated heterocycles. The average molecular weight is 307 g/mol. The Balaban J connectivity index is 1.90. The smallest absolute Gasteiger partial charge is 0.280 e. The molecule has 1 aromatic rings. The Bertz CT molecular complexity index is 555. The van der Waals surface area contributed by atoms with Crippen LogP contribution in [0.25, 0.3) is 0 Å². The zero-order valence-electron chi connectivity index (χ0n) is 11.3. The van der Waals surface area contributed by atoms with Crippen LogP contribution in [0.4, 0.5) is 22.0 Å². The number of aromatic nitrogens is 1. The second-order valence-electron chi connectivity index (χ2n) is 5.71. The molecule has 0 spiro atoms. The van der Waals surface area contributed by atoms with E-state index in [0.717, 1.165) is 6.20 Å². The van der Waals surface area contributed by atoms with Gasteiger partial charge in [-0.3, -0.25) is 4.98 Å². The summed E-state index contributed by atoms with van der Waals surface area (Å²) in [4.78, 5) is 3.65. The number of hydrogen-bond donors (Lipinski definition) is 0. The fourth-order valence-electron chi connectivity index (χ4n) is 2.98. The van der Waals surface area contributed by atoms with Gasteiger partial charge in [-0.25, -0.2) is 22.0 Å². The van der Waals surface area contributed by atoms with Crippen LogP contribution >= 0.6 is 0 Å². The van der Waals surface area contributed by atoms with Gasteiger partial charge in [-0.05, 0) is 5.56 Å². The molecule has 1 fully saturated rings. The highest BCUT2D eigenvalue weighted by Gasteiger charge is 2.47. The molecule has 2 nitrogen and oxygen atoms in total. The van der Waals surface area contributed by atoms with Crippen molar-refractivity contribution in [1.29, 1.82) is 0 Å². The van der Waals surface area contributed by atoms with Gasteiger partial charge in [0.1, 0.15) is 23.7 Å². The Kier molecular flexibility index (Phi) is 3.33. The SMILES string of the molecule is C[C@H]1c2c(C(F)F)ncc(OC3CC(F)(F)C3)c2C[C@H]1F. The van der Waals surface area contributed by atoms with E-state index in [4.69, 9.17) is 4.74 Å². The minimum Gasteiger partial charge on any atom is -0.488 e. The summed E-state index contributed by atoms with van der Waals surface area (Å²) < 4.78 is 70.8. The van der Waals surface area contributed by atoms with Gasteiger partial charge in [0, 0.05) is 30.7 Å². The zero-order chi connectivity index (χ0) is 15.4. The average Bonchev–Trinajstić information content (AvgIpc) is 2.64. The number of halogens is 5. The number of rotatable bonds is 3. The van der Waals surface area contributed by atoms with E-state index in [1.807, 2.05) is 0 Å². The maximum Gasteiger partial charge on any atom is 0.280 e. The number of ether oxygens (including phenoxy) is 1. The minimum atomic E-state index is -2.80. The van der Waals surface area contributed by atoms with Gasteiger partial charge in [0.05, 0.1) is 6.20 Å². The van der Waals surface area contributed by atoms with Crippen molar-refractivity contribution in [2.24, 2.45) is 0 Å². The molecule has 0 aliphatic heterocycles. The Morgan fingerprint density at radius 2 is 2.00 bits per heavy atom. The first-order valence-electron chi connectivity index (χ1n) is 6.77. The van der Waals surface area contributed by atoms with Crippen LogP contribution in [0.3, 0.4) is 0 Å². The lowest BCUT2D eigenvalue weighted by molar-refractivity contribution is -0.134. The molecular formula is C14H14F5NO. The zero-order valence-corrected chi connectivity index (χ0v) is 11.3. The van der Waals surface area contributed by atoms with Crippen LogP contribution in [-0.2, 0) is 6.42 Å². The lowest BCUT2D eigenvalue weighted by Gasteiger charge is -2.35. The Morgan fingerprint density at radius 1 is 1.33 bits per heavy atom. The number of pyridine rings is 1. The van der Waals surface area contributed by atoms with E-state index in [1.54, 1.807) is 0 Å². The lowest BCUT2D eigenvalue weighted by atomic mass is 9.91. The van der Waals surface area contributed by atoms with E-state index < -0.39 is 49.1 Å². The van der Waals surface area contributed by atoms with Crippen molar-refractivity contribution in [3.63, 3.8) is 0 Å². The Labute approximate surface area is 118 Å². The van der Waals surface area contributed by atoms with Crippen molar-refractivity contribution in [3.05, 3.63) is 23.0 Å². The minimum absolute atomic E-state index is 0.0445. The highest BCUT2D eigenvalue weighted by atomic mass is 19.3. The molecule has 2 aliphatic carbocycles. The fraction of sp³-hybridized carbons (Fsp3) is 0.643. The third kappa shape index (κ3) is 2.46. The molecule has 1 heterocycles. The van der Waals surface area contributed by atoms with Crippen molar-refractivity contribution in [2.45, 2.75) is 56.7 Å². The molecule has 3 rings (SSSR count). The normalized spacial score (nSPS) is 27.6. The first kappa shape index (κ1) is 14.5. The van der Waals surface area contributed by atoms with Crippen molar-refractivity contribution >= 4 is 0 Å². The molecular weight excluding hydrogens is 293 g/mol. The number of fused-ring (bicyclic) bond motifs is 1. The van der Waals surface area contributed by atoms with Crippen LogP contribution in [0, 0.1) is 0 Å². The molecule has 0 amide bonds. The summed E-state index contributed by atoms with van der Waals surface area (Å²) in [5.41, 5.74) is 0.0699. The summed E-state index contributed by atoms with van der Waals surface area (Å²) in [5, 5.41) is 0. The van der Waals surface area contributed by atoms with Crippen LogP contribution in [-0.4, -0.2) is 23.2 Å². The van der Waals surface area contributed by atoms with E-state index in [2.05, 4.69) is 4.98 Å². The fourth-order valence-corrected chi connectivity index (χ4v) is 2.98. The van der Waals surface area contributed by atoms with E-state index in [0.29, 0.717) is 5.56 Å². The molecule has 0 N–H and O–H groups in total. The van der Waals surface area contributed by atoms with Crippen molar-refractivity contribution in [3.8, 4) is 5.75 Å². The van der Waals surface area contributed by atoms with Gasteiger partial charge in [0.2, 0.25) is 0 Å². The molecule has 21 heavy (non-hydrogen) atoms. The summed E-state index contributed by atoms with van der Waals surface area (Å²) in [6, 6.07) is 0. The second kappa shape index (κ2) is 4.81. The van der Waals surface area contributed by atoms with Crippen molar-refractivity contribution < 1.29 is 26.7 Å². The monoisotopic (exact) mass is 307 g/mol. The maximum atomic E-state index is 13.8. The molecule has 0 radical (unpaired) electrons. The van der Waals surface area contributed by atoms with Crippen LogP contribution in [0.15, 0.2) is 6.20 Å². The summed E-state index contributed by atoms with van der Waals surface area (Å²) in [7, 11) is 0. The summed E-state index contributed by atoms with van der Waals surface area (Å²) in [6.07, 6.45) is -4.52. The maximum absolute atomic E-state index is 13.8. The standard InChI is InChI=1S/C14H14F5NO/c1-6-9(15)2-8-10(21-7-3-14(18,19)4-7)5-20-12(11(6)8)13(16)17/h5-7,9,13H,2-4H2,1H3/t6-,9-/m1/s1. The van der Waals surface area contributed by atoms with Crippen molar-refractivity contribution in [2.75, 3.05) is 0 Å². The van der Waals surface area contributed by atoms with Gasteiger partial charge in [-0.15, -0.1) is 0 Å². The number of nitrogens with zero attached hydrogens (tertiary/aromatic N) is 1. The highest BCUT2D eigenvalue weighted by molar-refractivity contribution is 5.48. The molecule has 0 aromatic carbocycles. The van der Waals surface area contributed by atoms with Gasteiger partial charge >= 0.3 is 0 Å². The van der Waals surface area contributed by atoms with E-state index in [-0.39, 0.29) is 17.7 Å². The predicted molar refractivity (Wildman–Crippen MR) is 64.8 cm³/mol.